The molecule has 1 saturated heterocycles. The highest BCUT2D eigenvalue weighted by atomic mass is 19.4. The molecule has 3 N–H and O–H groups in total. The fourth-order valence-corrected chi connectivity index (χ4v) is 5.78. The number of aldehydes is 1. The Kier molecular flexibility index (Phi) is 6.16. The van der Waals surface area contributed by atoms with E-state index in [1.54, 1.807) is 18.2 Å². The molecule has 2 bridgehead atoms. The van der Waals surface area contributed by atoms with Crippen molar-refractivity contribution in [3.05, 3.63) is 53.3 Å². The average Bonchev–Trinajstić information content (AvgIpc) is 2.76. The molecule has 172 valence electrons. The van der Waals surface area contributed by atoms with Crippen molar-refractivity contribution in [1.29, 1.82) is 0 Å². The number of aromatic hydroxyl groups is 1. The highest BCUT2D eigenvalue weighted by molar-refractivity contribution is 5.69. The lowest BCUT2D eigenvalue weighted by molar-refractivity contribution is -0.156. The minimum Gasteiger partial charge on any atom is -0.506 e. The van der Waals surface area contributed by atoms with Crippen molar-refractivity contribution in [2.75, 3.05) is 11.9 Å². The van der Waals surface area contributed by atoms with Crippen LogP contribution in [0, 0.1) is 11.7 Å². The molecule has 0 radical (unpaired) electrons. The summed E-state index contributed by atoms with van der Waals surface area (Å²) in [6.45, 7) is 1.07. The molecular weight excluding hydrogens is 424 g/mol. The molecule has 0 aromatic heterocycles. The monoisotopic (exact) mass is 450 g/mol. The zero-order valence-electron chi connectivity index (χ0n) is 17.5. The number of phenols is 1. The Balaban J connectivity index is 0.000000363. The lowest BCUT2D eigenvalue weighted by Gasteiger charge is -2.56. The topological polar surface area (TPSA) is 61.4 Å². The van der Waals surface area contributed by atoms with E-state index < -0.39 is 12.5 Å². The van der Waals surface area contributed by atoms with Gasteiger partial charge in [0.1, 0.15) is 11.6 Å². The van der Waals surface area contributed by atoms with Crippen LogP contribution in [0.2, 0.25) is 0 Å². The van der Waals surface area contributed by atoms with Gasteiger partial charge in [-0.05, 0) is 73.5 Å². The summed E-state index contributed by atoms with van der Waals surface area (Å²) in [6.07, 6.45) is 1.55. The Labute approximate surface area is 184 Å². The van der Waals surface area contributed by atoms with E-state index >= 15 is 0 Å². The van der Waals surface area contributed by atoms with Crippen LogP contribution in [0.1, 0.15) is 43.2 Å². The molecule has 8 heteroatoms. The fourth-order valence-electron chi connectivity index (χ4n) is 5.78. The molecule has 1 heterocycles. The number of para-hydroxylation sites is 1. The summed E-state index contributed by atoms with van der Waals surface area (Å²) in [6, 6.07) is 11.1. The van der Waals surface area contributed by atoms with Crippen LogP contribution >= 0.6 is 0 Å². The van der Waals surface area contributed by atoms with Gasteiger partial charge in [-0.1, -0.05) is 25.0 Å². The van der Waals surface area contributed by atoms with Crippen molar-refractivity contribution in [2.45, 2.75) is 56.2 Å². The second-order valence-electron chi connectivity index (χ2n) is 8.81. The molecule has 5 rings (SSSR count). The summed E-state index contributed by atoms with van der Waals surface area (Å²) in [5.41, 5.74) is 3.85. The normalized spacial score (nSPS) is 26.1. The van der Waals surface area contributed by atoms with Crippen molar-refractivity contribution in [1.82, 2.24) is 5.32 Å². The summed E-state index contributed by atoms with van der Waals surface area (Å²) < 4.78 is 45.3. The first-order chi connectivity index (χ1) is 15.2. The van der Waals surface area contributed by atoms with Crippen molar-refractivity contribution < 1.29 is 27.5 Å². The molecule has 3 aliphatic rings. The van der Waals surface area contributed by atoms with E-state index in [1.807, 2.05) is 12.1 Å². The third-order valence-corrected chi connectivity index (χ3v) is 7.04. The number of hydrogen-bond acceptors (Lipinski definition) is 4. The highest BCUT2D eigenvalue weighted by Gasteiger charge is 2.51. The van der Waals surface area contributed by atoms with E-state index in [0.29, 0.717) is 23.3 Å². The van der Waals surface area contributed by atoms with Crippen LogP contribution in [-0.4, -0.2) is 30.2 Å². The van der Waals surface area contributed by atoms with Crippen LogP contribution in [0.4, 0.5) is 28.9 Å². The Morgan fingerprint density at radius 1 is 1.12 bits per heavy atom. The predicted octanol–water partition coefficient (Wildman–Crippen LogP) is 5.37. The second-order valence-corrected chi connectivity index (χ2v) is 8.81. The van der Waals surface area contributed by atoms with Gasteiger partial charge in [-0.3, -0.25) is 4.79 Å². The molecule has 2 aliphatic carbocycles. The van der Waals surface area contributed by atoms with Crippen LogP contribution < -0.4 is 10.6 Å². The number of benzene rings is 2. The third-order valence-electron chi connectivity index (χ3n) is 7.04. The molecule has 2 aromatic carbocycles. The zero-order chi connectivity index (χ0) is 22.9. The van der Waals surface area contributed by atoms with Crippen LogP contribution in [0.5, 0.6) is 5.75 Å². The lowest BCUT2D eigenvalue weighted by Crippen LogP contribution is -2.59. The molecule has 0 amide bonds. The molecule has 0 spiro atoms. The standard InChI is InChI=1S/C22H25FN2O.C2HF3O/c23-17-6-1-2-7-18(17)25-20-12-14-11-19-15-5-3-4-8-22(15,9-10-24-19)16(14)13-21(20)26;3-2(4,5)1-6/h1-2,6-7,12-13,15,19,24-26H,3-5,8-11H2;1H/t15-,19+,22+;/m1./s1. The van der Waals surface area contributed by atoms with E-state index in [2.05, 4.69) is 10.6 Å². The van der Waals surface area contributed by atoms with Crippen LogP contribution in [0.25, 0.3) is 0 Å². The average molecular weight is 450 g/mol. The number of hydrogen-bond donors (Lipinski definition) is 3. The minimum atomic E-state index is -4.64. The quantitative estimate of drug-likeness (QED) is 0.327. The number of fused-ring (bicyclic) bond motifs is 1. The predicted molar refractivity (Wildman–Crippen MR) is 114 cm³/mol. The van der Waals surface area contributed by atoms with Gasteiger partial charge in [-0.25, -0.2) is 4.39 Å². The van der Waals surface area contributed by atoms with Gasteiger partial charge in [-0.2, -0.15) is 13.2 Å². The summed E-state index contributed by atoms with van der Waals surface area (Å²) >= 11 is 0. The van der Waals surface area contributed by atoms with Gasteiger partial charge in [-0.15, -0.1) is 0 Å². The number of carbonyl (C=O) groups is 1. The van der Waals surface area contributed by atoms with E-state index in [1.165, 1.54) is 42.9 Å². The maximum absolute atomic E-state index is 14.0. The SMILES string of the molecule is O=CC(F)(F)F.Oc1cc2c(cc1Nc1ccccc1F)C[C@@H]1NCC[C@]23CCCC[C@H]13. The van der Waals surface area contributed by atoms with E-state index in [4.69, 9.17) is 4.79 Å². The first kappa shape index (κ1) is 22.6. The summed E-state index contributed by atoms with van der Waals surface area (Å²) in [4.78, 5) is 8.70. The van der Waals surface area contributed by atoms with Crippen molar-refractivity contribution in [3.8, 4) is 5.75 Å². The number of alkyl halides is 3. The van der Waals surface area contributed by atoms with Crippen molar-refractivity contribution in [3.63, 3.8) is 0 Å². The summed E-state index contributed by atoms with van der Waals surface area (Å²) in [7, 11) is 0. The third kappa shape index (κ3) is 4.33. The number of rotatable bonds is 2. The van der Waals surface area contributed by atoms with Gasteiger partial charge in [0.2, 0.25) is 6.29 Å². The lowest BCUT2D eigenvalue weighted by atomic mass is 9.53. The number of piperidine rings is 1. The maximum Gasteiger partial charge on any atom is 0.446 e. The Hall–Kier alpha value is -2.61. The number of anilines is 2. The molecule has 0 unspecified atom stereocenters. The molecule has 2 fully saturated rings. The van der Waals surface area contributed by atoms with Gasteiger partial charge < -0.3 is 15.7 Å². The van der Waals surface area contributed by atoms with E-state index in [-0.39, 0.29) is 17.0 Å². The van der Waals surface area contributed by atoms with E-state index in [0.717, 1.165) is 19.4 Å². The van der Waals surface area contributed by atoms with Gasteiger partial charge in [0.05, 0.1) is 11.4 Å². The van der Waals surface area contributed by atoms with Crippen LogP contribution in [-0.2, 0) is 16.6 Å². The maximum atomic E-state index is 14.0. The fraction of sp³-hybridized carbons (Fsp3) is 0.458. The number of halogens is 4. The molecule has 3 atom stereocenters. The first-order valence-corrected chi connectivity index (χ1v) is 10.9. The molecule has 32 heavy (non-hydrogen) atoms. The van der Waals surface area contributed by atoms with Crippen LogP contribution in [0.15, 0.2) is 36.4 Å². The smallest absolute Gasteiger partial charge is 0.446 e. The summed E-state index contributed by atoms with van der Waals surface area (Å²) in [5.74, 6) is 0.596. The zero-order valence-corrected chi connectivity index (χ0v) is 17.5. The highest BCUT2D eigenvalue weighted by Crippen LogP contribution is 2.55. The molecular formula is C24H26F4N2O2. The number of phenolic OH excluding ortho intramolecular Hbond substituents is 1. The van der Waals surface area contributed by atoms with Gasteiger partial charge in [0.15, 0.2) is 0 Å². The van der Waals surface area contributed by atoms with Crippen LogP contribution in [0.3, 0.4) is 0 Å². The summed E-state index contributed by atoms with van der Waals surface area (Å²) in [5, 5.41) is 17.5. The Bertz CT molecular complexity index is 990. The minimum absolute atomic E-state index is 0.218. The largest absolute Gasteiger partial charge is 0.506 e. The Morgan fingerprint density at radius 3 is 2.59 bits per heavy atom. The molecule has 4 nitrogen and oxygen atoms in total. The number of carbonyl (C=O) groups excluding carboxylic acids is 1. The van der Waals surface area contributed by atoms with Gasteiger partial charge in [0, 0.05) is 11.5 Å². The number of nitrogens with one attached hydrogen (secondary N) is 2. The van der Waals surface area contributed by atoms with Gasteiger partial charge in [0.25, 0.3) is 0 Å². The first-order valence-electron chi connectivity index (χ1n) is 10.9. The van der Waals surface area contributed by atoms with Crippen molar-refractivity contribution >= 4 is 17.7 Å². The molecule has 1 aliphatic heterocycles. The van der Waals surface area contributed by atoms with Crippen molar-refractivity contribution in [2.24, 2.45) is 5.92 Å². The Morgan fingerprint density at radius 2 is 1.88 bits per heavy atom. The van der Waals surface area contributed by atoms with E-state index in [9.17, 15) is 22.7 Å². The molecule has 1 saturated carbocycles. The van der Waals surface area contributed by atoms with Gasteiger partial charge >= 0.3 is 6.18 Å². The second kappa shape index (κ2) is 8.73. The molecule has 2 aromatic rings.